The Morgan fingerprint density at radius 1 is 1.00 bits per heavy atom. The van der Waals surface area contributed by atoms with E-state index in [1.807, 2.05) is 0 Å². The van der Waals surface area contributed by atoms with Crippen molar-refractivity contribution >= 4 is 0 Å². The SMILES string of the molecule is CC1CCCCC2CCCN12. The lowest BCUT2D eigenvalue weighted by atomic mass is 10.1. The number of fused-ring (bicyclic) bond motifs is 1. The summed E-state index contributed by atoms with van der Waals surface area (Å²) in [5.74, 6) is 0. The maximum absolute atomic E-state index is 2.74. The molecule has 2 heterocycles. The van der Waals surface area contributed by atoms with Gasteiger partial charge in [0.25, 0.3) is 0 Å². The number of hydrogen-bond acceptors (Lipinski definition) is 1. The second kappa shape index (κ2) is 3.14. The van der Waals surface area contributed by atoms with Crippen LogP contribution in [0.1, 0.15) is 45.4 Å². The highest BCUT2D eigenvalue weighted by molar-refractivity contribution is 4.85. The fourth-order valence-corrected chi connectivity index (χ4v) is 2.73. The highest BCUT2D eigenvalue weighted by atomic mass is 15.2. The van der Waals surface area contributed by atoms with E-state index >= 15 is 0 Å². The normalized spacial score (nSPS) is 40.1. The number of rotatable bonds is 0. The molecule has 0 aromatic carbocycles. The monoisotopic (exact) mass is 153 g/mol. The molecule has 0 spiro atoms. The third kappa shape index (κ3) is 1.44. The Bertz CT molecular complexity index is 133. The summed E-state index contributed by atoms with van der Waals surface area (Å²) < 4.78 is 0. The largest absolute Gasteiger partial charge is 0.298 e. The first kappa shape index (κ1) is 7.60. The third-order valence-corrected chi connectivity index (χ3v) is 3.40. The molecule has 1 nitrogen and oxygen atoms in total. The van der Waals surface area contributed by atoms with E-state index in [9.17, 15) is 0 Å². The average Bonchev–Trinajstić information content (AvgIpc) is 2.40. The van der Waals surface area contributed by atoms with Crippen LogP contribution in [-0.2, 0) is 0 Å². The molecule has 2 rings (SSSR count). The Morgan fingerprint density at radius 2 is 1.73 bits per heavy atom. The molecular formula is C10H19N. The van der Waals surface area contributed by atoms with Gasteiger partial charge >= 0.3 is 0 Å². The van der Waals surface area contributed by atoms with Crippen LogP contribution in [0.15, 0.2) is 0 Å². The van der Waals surface area contributed by atoms with Gasteiger partial charge in [-0.25, -0.2) is 0 Å². The van der Waals surface area contributed by atoms with E-state index in [1.165, 1.54) is 45.1 Å². The van der Waals surface area contributed by atoms with E-state index in [0.717, 1.165) is 12.1 Å². The number of nitrogens with zero attached hydrogens (tertiary/aromatic N) is 1. The zero-order chi connectivity index (χ0) is 7.68. The van der Waals surface area contributed by atoms with E-state index in [0.29, 0.717) is 0 Å². The molecule has 2 saturated heterocycles. The van der Waals surface area contributed by atoms with Crippen molar-refractivity contribution in [3.8, 4) is 0 Å². The van der Waals surface area contributed by atoms with Crippen LogP contribution in [-0.4, -0.2) is 23.5 Å². The van der Waals surface area contributed by atoms with Gasteiger partial charge < -0.3 is 0 Å². The van der Waals surface area contributed by atoms with Crippen molar-refractivity contribution in [1.29, 1.82) is 0 Å². The summed E-state index contributed by atoms with van der Waals surface area (Å²) in [6.07, 6.45) is 8.79. The Kier molecular flexibility index (Phi) is 2.17. The lowest BCUT2D eigenvalue weighted by molar-refractivity contribution is 0.194. The first-order valence-electron chi connectivity index (χ1n) is 5.13. The van der Waals surface area contributed by atoms with Crippen LogP contribution < -0.4 is 0 Å². The quantitative estimate of drug-likeness (QED) is 0.516. The fourth-order valence-electron chi connectivity index (χ4n) is 2.73. The Balaban J connectivity index is 2.03. The predicted octanol–water partition coefficient (Wildman–Crippen LogP) is 2.41. The molecule has 2 unspecified atom stereocenters. The standard InChI is InChI=1S/C10H19N/c1-9-5-2-3-6-10-7-4-8-11(9)10/h9-10H,2-8H2,1H3. The van der Waals surface area contributed by atoms with Gasteiger partial charge in [-0.15, -0.1) is 0 Å². The minimum atomic E-state index is 0.880. The van der Waals surface area contributed by atoms with Gasteiger partial charge in [0, 0.05) is 12.1 Å². The molecular weight excluding hydrogens is 134 g/mol. The van der Waals surface area contributed by atoms with Crippen LogP contribution in [0.4, 0.5) is 0 Å². The van der Waals surface area contributed by atoms with Crippen LogP contribution in [0.25, 0.3) is 0 Å². The van der Waals surface area contributed by atoms with E-state index in [1.54, 1.807) is 0 Å². The summed E-state index contributed by atoms with van der Waals surface area (Å²) in [6.45, 7) is 3.79. The molecule has 2 atom stereocenters. The van der Waals surface area contributed by atoms with Crippen LogP contribution in [0.3, 0.4) is 0 Å². The molecule has 0 N–H and O–H groups in total. The first-order chi connectivity index (χ1) is 5.38. The third-order valence-electron chi connectivity index (χ3n) is 3.40. The first-order valence-corrected chi connectivity index (χ1v) is 5.13. The van der Waals surface area contributed by atoms with Crippen molar-refractivity contribution in [2.24, 2.45) is 0 Å². The molecule has 0 aromatic rings. The Hall–Kier alpha value is -0.0400. The fraction of sp³-hybridized carbons (Fsp3) is 1.00. The van der Waals surface area contributed by atoms with E-state index in [-0.39, 0.29) is 0 Å². The highest BCUT2D eigenvalue weighted by Crippen LogP contribution is 2.29. The zero-order valence-electron chi connectivity index (χ0n) is 7.55. The van der Waals surface area contributed by atoms with Gasteiger partial charge in [0.1, 0.15) is 0 Å². The molecule has 2 aliphatic rings. The highest BCUT2D eigenvalue weighted by Gasteiger charge is 2.29. The van der Waals surface area contributed by atoms with Gasteiger partial charge in [0.15, 0.2) is 0 Å². The summed E-state index contributed by atoms with van der Waals surface area (Å²) in [4.78, 5) is 2.74. The van der Waals surface area contributed by atoms with Crippen molar-refractivity contribution in [3.63, 3.8) is 0 Å². The zero-order valence-corrected chi connectivity index (χ0v) is 7.55. The molecule has 2 fully saturated rings. The molecule has 0 bridgehead atoms. The summed E-state index contributed by atoms with van der Waals surface area (Å²) in [5, 5.41) is 0. The summed E-state index contributed by atoms with van der Waals surface area (Å²) >= 11 is 0. The van der Waals surface area contributed by atoms with Gasteiger partial charge in [-0.3, -0.25) is 4.90 Å². The topological polar surface area (TPSA) is 3.24 Å². The molecule has 0 radical (unpaired) electrons. The second-order valence-electron chi connectivity index (χ2n) is 4.17. The van der Waals surface area contributed by atoms with Crippen molar-refractivity contribution in [2.75, 3.05) is 6.54 Å². The van der Waals surface area contributed by atoms with E-state index in [4.69, 9.17) is 0 Å². The molecule has 2 aliphatic heterocycles. The number of hydrogen-bond donors (Lipinski definition) is 0. The molecule has 64 valence electrons. The maximum Gasteiger partial charge on any atom is 0.00985 e. The van der Waals surface area contributed by atoms with Crippen molar-refractivity contribution in [2.45, 2.75) is 57.5 Å². The van der Waals surface area contributed by atoms with Gasteiger partial charge in [-0.05, 0) is 39.2 Å². The van der Waals surface area contributed by atoms with Gasteiger partial charge in [-0.1, -0.05) is 12.8 Å². The molecule has 0 saturated carbocycles. The van der Waals surface area contributed by atoms with E-state index < -0.39 is 0 Å². The van der Waals surface area contributed by atoms with Crippen LogP contribution >= 0.6 is 0 Å². The van der Waals surface area contributed by atoms with Crippen LogP contribution in [0, 0.1) is 0 Å². The molecule has 11 heavy (non-hydrogen) atoms. The maximum atomic E-state index is 2.74. The van der Waals surface area contributed by atoms with Crippen LogP contribution in [0.5, 0.6) is 0 Å². The average molecular weight is 153 g/mol. The van der Waals surface area contributed by atoms with E-state index in [2.05, 4.69) is 11.8 Å². The lowest BCUT2D eigenvalue weighted by Crippen LogP contribution is -2.35. The summed E-state index contributed by atoms with van der Waals surface area (Å²) in [7, 11) is 0. The van der Waals surface area contributed by atoms with Gasteiger partial charge in [0.05, 0.1) is 0 Å². The second-order valence-corrected chi connectivity index (χ2v) is 4.17. The lowest BCUT2D eigenvalue weighted by Gasteiger charge is -2.27. The predicted molar refractivity (Wildman–Crippen MR) is 47.7 cm³/mol. The van der Waals surface area contributed by atoms with Gasteiger partial charge in [0.2, 0.25) is 0 Å². The molecule has 1 heteroatoms. The van der Waals surface area contributed by atoms with Gasteiger partial charge in [-0.2, -0.15) is 0 Å². The Morgan fingerprint density at radius 3 is 2.64 bits per heavy atom. The molecule has 0 aromatic heterocycles. The van der Waals surface area contributed by atoms with Crippen molar-refractivity contribution in [1.82, 2.24) is 4.90 Å². The summed E-state index contributed by atoms with van der Waals surface area (Å²) in [6, 6.07) is 1.84. The smallest absolute Gasteiger partial charge is 0.00985 e. The molecule has 0 amide bonds. The summed E-state index contributed by atoms with van der Waals surface area (Å²) in [5.41, 5.74) is 0. The van der Waals surface area contributed by atoms with Crippen molar-refractivity contribution < 1.29 is 0 Å². The Labute approximate surface area is 69.8 Å². The molecule has 0 aliphatic carbocycles. The minimum absolute atomic E-state index is 0.880. The van der Waals surface area contributed by atoms with Crippen molar-refractivity contribution in [3.05, 3.63) is 0 Å². The van der Waals surface area contributed by atoms with Crippen LogP contribution in [0.2, 0.25) is 0 Å². The minimum Gasteiger partial charge on any atom is -0.298 e.